The second-order valence-electron chi connectivity index (χ2n) is 3.56. The number of nitrogens with two attached hydrogens (primary N) is 1. The summed E-state index contributed by atoms with van der Waals surface area (Å²) < 4.78 is 29.2. The third kappa shape index (κ3) is 4.07. The molecule has 0 amide bonds. The van der Waals surface area contributed by atoms with Crippen molar-refractivity contribution in [2.45, 2.75) is 0 Å². The maximum atomic E-state index is 11.4. The van der Waals surface area contributed by atoms with Crippen LogP contribution in [0.15, 0.2) is 12.3 Å². The van der Waals surface area contributed by atoms with Gasteiger partial charge in [0.15, 0.2) is 0 Å². The summed E-state index contributed by atoms with van der Waals surface area (Å²) >= 11 is 0. The molecule has 0 unspecified atom stereocenters. The Hall–Kier alpha value is -1.87. The molecule has 0 aliphatic carbocycles. The monoisotopic (exact) mass is 288 g/mol. The molecule has 1 aromatic rings. The van der Waals surface area contributed by atoms with E-state index in [-0.39, 0.29) is 29.4 Å². The number of hydrogen-bond acceptors (Lipinski definition) is 7. The van der Waals surface area contributed by atoms with Crippen molar-refractivity contribution in [2.75, 3.05) is 37.5 Å². The second kappa shape index (κ2) is 6.34. The molecule has 0 saturated carbocycles. The topological polar surface area (TPSA) is 123 Å². The number of sulfonamides is 1. The van der Waals surface area contributed by atoms with Gasteiger partial charge in [-0.25, -0.2) is 22.9 Å². The average Bonchev–Trinajstić information content (AvgIpc) is 2.40. The maximum Gasteiger partial charge on any atom is 0.340 e. The largest absolute Gasteiger partial charge is 0.465 e. The van der Waals surface area contributed by atoms with E-state index in [4.69, 9.17) is 5.73 Å². The second-order valence-corrected chi connectivity index (χ2v) is 5.61. The van der Waals surface area contributed by atoms with Crippen LogP contribution in [0.3, 0.4) is 0 Å². The van der Waals surface area contributed by atoms with Crippen LogP contribution in [0.1, 0.15) is 10.4 Å². The van der Waals surface area contributed by atoms with Gasteiger partial charge in [-0.15, -0.1) is 0 Å². The smallest absolute Gasteiger partial charge is 0.340 e. The van der Waals surface area contributed by atoms with Gasteiger partial charge in [-0.05, 0) is 13.1 Å². The zero-order valence-corrected chi connectivity index (χ0v) is 11.5. The van der Waals surface area contributed by atoms with E-state index in [1.54, 1.807) is 0 Å². The molecule has 0 saturated heterocycles. The molecule has 9 heteroatoms. The van der Waals surface area contributed by atoms with E-state index in [9.17, 15) is 13.2 Å². The number of carbonyl (C=O) groups is 1. The number of aromatic nitrogens is 1. The third-order valence-corrected chi connectivity index (χ3v) is 3.73. The highest BCUT2D eigenvalue weighted by molar-refractivity contribution is 7.89. The molecule has 0 spiro atoms. The molecule has 0 radical (unpaired) electrons. The lowest BCUT2D eigenvalue weighted by Crippen LogP contribution is -2.26. The van der Waals surface area contributed by atoms with Crippen LogP contribution in [0.2, 0.25) is 0 Å². The van der Waals surface area contributed by atoms with Crippen molar-refractivity contribution in [1.29, 1.82) is 0 Å². The number of esters is 1. The summed E-state index contributed by atoms with van der Waals surface area (Å²) in [6.07, 6.45) is 1.39. The van der Waals surface area contributed by atoms with E-state index < -0.39 is 16.0 Å². The predicted octanol–water partition coefficient (Wildman–Crippen LogP) is -0.588. The number of nitrogens with zero attached hydrogens (tertiary/aromatic N) is 1. The summed E-state index contributed by atoms with van der Waals surface area (Å²) in [6.45, 7) is 0.116. The van der Waals surface area contributed by atoms with Crippen LogP contribution in [-0.4, -0.2) is 45.8 Å². The molecule has 8 nitrogen and oxygen atoms in total. The number of nitrogen functional groups attached to an aromatic ring is 1. The summed E-state index contributed by atoms with van der Waals surface area (Å²) in [7, 11) is -0.728. The van der Waals surface area contributed by atoms with E-state index in [0.717, 1.165) is 0 Å². The van der Waals surface area contributed by atoms with Gasteiger partial charge in [0.1, 0.15) is 5.82 Å². The maximum absolute atomic E-state index is 11.4. The molecular formula is C10H16N4O4S. The fourth-order valence-electron chi connectivity index (χ4n) is 1.31. The van der Waals surface area contributed by atoms with Gasteiger partial charge in [-0.3, -0.25) is 0 Å². The minimum Gasteiger partial charge on any atom is -0.465 e. The highest BCUT2D eigenvalue weighted by Crippen LogP contribution is 2.20. The van der Waals surface area contributed by atoms with Gasteiger partial charge in [-0.1, -0.05) is 0 Å². The first-order chi connectivity index (χ1) is 8.91. The summed E-state index contributed by atoms with van der Waals surface area (Å²) in [6, 6.07) is 1.43. The Morgan fingerprint density at radius 3 is 2.79 bits per heavy atom. The number of pyridine rings is 1. The summed E-state index contributed by atoms with van der Waals surface area (Å²) in [4.78, 5) is 15.3. The SMILES string of the molecule is CNS(=O)(=O)CCNc1nccc(C(=O)OC)c1N. The standard InChI is InChI=1S/C10H16N4O4S/c1-12-19(16,17)6-5-14-9-8(11)7(3-4-13-9)10(15)18-2/h3-4,12H,5-6,11H2,1-2H3,(H,13,14). The lowest BCUT2D eigenvalue weighted by Gasteiger charge is -2.10. The van der Waals surface area contributed by atoms with Crippen LogP contribution < -0.4 is 15.8 Å². The quantitative estimate of drug-likeness (QED) is 0.598. The molecule has 0 bridgehead atoms. The number of hydrogen-bond donors (Lipinski definition) is 3. The minimum atomic E-state index is -3.31. The van der Waals surface area contributed by atoms with Gasteiger partial charge < -0.3 is 15.8 Å². The molecule has 1 aromatic heterocycles. The molecule has 0 atom stereocenters. The van der Waals surface area contributed by atoms with E-state index >= 15 is 0 Å². The Morgan fingerprint density at radius 2 is 2.21 bits per heavy atom. The van der Waals surface area contributed by atoms with Crippen LogP contribution >= 0.6 is 0 Å². The molecule has 106 valence electrons. The Bertz CT molecular complexity index is 559. The number of carbonyl (C=O) groups excluding carboxylic acids is 1. The van der Waals surface area contributed by atoms with Crippen molar-refractivity contribution in [3.63, 3.8) is 0 Å². The predicted molar refractivity (Wildman–Crippen MR) is 71.3 cm³/mol. The molecule has 19 heavy (non-hydrogen) atoms. The highest BCUT2D eigenvalue weighted by atomic mass is 32.2. The van der Waals surface area contributed by atoms with Crippen LogP contribution in [0, 0.1) is 0 Å². The lowest BCUT2D eigenvalue weighted by molar-refractivity contribution is 0.0602. The van der Waals surface area contributed by atoms with Crippen molar-refractivity contribution >= 4 is 27.5 Å². The number of methoxy groups -OCH3 is 1. The Kier molecular flexibility index (Phi) is 5.07. The number of anilines is 2. The fraction of sp³-hybridized carbons (Fsp3) is 0.400. The van der Waals surface area contributed by atoms with E-state index in [0.29, 0.717) is 0 Å². The van der Waals surface area contributed by atoms with Crippen molar-refractivity contribution in [2.24, 2.45) is 0 Å². The lowest BCUT2D eigenvalue weighted by atomic mass is 10.2. The van der Waals surface area contributed by atoms with Gasteiger partial charge in [0.2, 0.25) is 10.0 Å². The molecule has 4 N–H and O–H groups in total. The third-order valence-electron chi connectivity index (χ3n) is 2.37. The molecule has 0 fully saturated rings. The van der Waals surface area contributed by atoms with Gasteiger partial charge in [0.05, 0.1) is 24.1 Å². The van der Waals surface area contributed by atoms with Gasteiger partial charge in [-0.2, -0.15) is 0 Å². The van der Waals surface area contributed by atoms with E-state index in [1.165, 1.54) is 26.4 Å². The van der Waals surface area contributed by atoms with Crippen molar-refractivity contribution in [1.82, 2.24) is 9.71 Å². The molecule has 0 aliphatic heterocycles. The summed E-state index contributed by atoms with van der Waals surface area (Å²) in [5, 5.41) is 2.76. The highest BCUT2D eigenvalue weighted by Gasteiger charge is 2.14. The average molecular weight is 288 g/mol. The van der Waals surface area contributed by atoms with Crippen molar-refractivity contribution in [3.05, 3.63) is 17.8 Å². The van der Waals surface area contributed by atoms with Crippen LogP contribution in [0.5, 0.6) is 0 Å². The summed E-state index contributed by atoms with van der Waals surface area (Å²) in [5.74, 6) is -0.465. The molecule has 1 heterocycles. The zero-order chi connectivity index (χ0) is 14.5. The zero-order valence-electron chi connectivity index (χ0n) is 10.6. The number of ether oxygens (including phenoxy) is 1. The van der Waals surface area contributed by atoms with Crippen molar-refractivity contribution in [3.8, 4) is 0 Å². The van der Waals surface area contributed by atoms with Gasteiger partial charge >= 0.3 is 5.97 Å². The first kappa shape index (κ1) is 15.2. The van der Waals surface area contributed by atoms with E-state index in [2.05, 4.69) is 19.8 Å². The fourth-order valence-corrected chi connectivity index (χ4v) is 1.88. The van der Waals surface area contributed by atoms with Crippen LogP contribution in [0.4, 0.5) is 11.5 Å². The normalized spacial score (nSPS) is 11.1. The van der Waals surface area contributed by atoms with Gasteiger partial charge in [0.25, 0.3) is 0 Å². The first-order valence-corrected chi connectivity index (χ1v) is 7.04. The molecule has 0 aliphatic rings. The van der Waals surface area contributed by atoms with Crippen LogP contribution in [-0.2, 0) is 14.8 Å². The van der Waals surface area contributed by atoms with Gasteiger partial charge in [0, 0.05) is 12.7 Å². The van der Waals surface area contributed by atoms with Crippen LogP contribution in [0.25, 0.3) is 0 Å². The summed E-state index contributed by atoms with van der Waals surface area (Å²) in [5.41, 5.74) is 6.05. The Morgan fingerprint density at radius 1 is 1.53 bits per heavy atom. The Labute approximate surface area is 111 Å². The molecule has 1 rings (SSSR count). The van der Waals surface area contributed by atoms with Crippen molar-refractivity contribution < 1.29 is 17.9 Å². The molecule has 0 aromatic carbocycles. The minimum absolute atomic E-state index is 0.116. The number of rotatable bonds is 6. The number of nitrogens with one attached hydrogen (secondary N) is 2. The molecular weight excluding hydrogens is 272 g/mol. The first-order valence-electron chi connectivity index (χ1n) is 5.39. The Balaban J connectivity index is 2.78. The van der Waals surface area contributed by atoms with E-state index in [1.807, 2.05) is 0 Å².